The highest BCUT2D eigenvalue weighted by Gasteiger charge is 2.24. The molecule has 3 aromatic carbocycles. The van der Waals surface area contributed by atoms with Crippen LogP contribution in [-0.4, -0.2) is 26.3 Å². The van der Waals surface area contributed by atoms with Crippen LogP contribution in [-0.2, 0) is 14.8 Å². The number of benzene rings is 3. The number of hydrogen-bond acceptors (Lipinski definition) is 5. The van der Waals surface area contributed by atoms with E-state index in [1.165, 1.54) is 6.07 Å². The Balaban J connectivity index is 1.56. The highest BCUT2D eigenvalue weighted by atomic mass is 32.2. The molecule has 170 valence electrons. The summed E-state index contributed by atoms with van der Waals surface area (Å²) in [6.45, 7) is 5.22. The molecule has 1 unspecified atom stereocenters. The van der Waals surface area contributed by atoms with Gasteiger partial charge < -0.3 is 15.4 Å². The third-order valence-electron chi connectivity index (χ3n) is 5.21. The van der Waals surface area contributed by atoms with Crippen LogP contribution in [0.4, 0.5) is 17.1 Å². The van der Waals surface area contributed by atoms with Gasteiger partial charge in [-0.05, 0) is 68.8 Å². The van der Waals surface area contributed by atoms with Crippen LogP contribution in [0.1, 0.15) is 28.4 Å². The van der Waals surface area contributed by atoms with Crippen LogP contribution in [0.15, 0.2) is 65.6 Å². The molecule has 0 spiro atoms. The molecule has 33 heavy (non-hydrogen) atoms. The van der Waals surface area contributed by atoms with Crippen molar-refractivity contribution in [3.8, 4) is 5.75 Å². The third-order valence-corrected chi connectivity index (χ3v) is 6.74. The molecular formula is C24H23N3O5S. The molecule has 8 nitrogen and oxygen atoms in total. The Bertz CT molecular complexity index is 1350. The summed E-state index contributed by atoms with van der Waals surface area (Å²) in [5, 5.41) is 5.45. The minimum Gasteiger partial charge on any atom is -0.479 e. The van der Waals surface area contributed by atoms with Crippen molar-refractivity contribution >= 4 is 38.9 Å². The molecule has 0 radical (unpaired) electrons. The molecule has 0 saturated heterocycles. The molecule has 0 fully saturated rings. The van der Waals surface area contributed by atoms with E-state index in [4.69, 9.17) is 4.74 Å². The lowest BCUT2D eigenvalue weighted by Crippen LogP contribution is -2.34. The predicted octanol–water partition coefficient (Wildman–Crippen LogP) is 4.08. The summed E-state index contributed by atoms with van der Waals surface area (Å²) in [5.41, 5.74) is 3.01. The predicted molar refractivity (Wildman–Crippen MR) is 126 cm³/mol. The number of amides is 2. The molecule has 2 amide bonds. The van der Waals surface area contributed by atoms with Gasteiger partial charge in [-0.15, -0.1) is 0 Å². The second-order valence-corrected chi connectivity index (χ2v) is 9.52. The number of anilines is 3. The summed E-state index contributed by atoms with van der Waals surface area (Å²) in [5.74, 6) is -0.260. The lowest BCUT2D eigenvalue weighted by Gasteiger charge is -2.23. The molecular weight excluding hydrogens is 442 g/mol. The summed E-state index contributed by atoms with van der Waals surface area (Å²) >= 11 is 0. The molecule has 0 saturated carbocycles. The summed E-state index contributed by atoms with van der Waals surface area (Å²) in [4.78, 5) is 24.7. The van der Waals surface area contributed by atoms with E-state index < -0.39 is 22.0 Å². The van der Waals surface area contributed by atoms with Crippen LogP contribution in [0, 0.1) is 13.8 Å². The Kier molecular flexibility index (Phi) is 5.82. The van der Waals surface area contributed by atoms with Crippen molar-refractivity contribution in [1.82, 2.24) is 0 Å². The van der Waals surface area contributed by atoms with E-state index in [0.717, 1.165) is 5.56 Å². The number of carbonyl (C=O) groups excluding carboxylic acids is 2. The fraction of sp³-hybridized carbons (Fsp3) is 0.167. The van der Waals surface area contributed by atoms with Gasteiger partial charge in [0.05, 0.1) is 10.6 Å². The van der Waals surface area contributed by atoms with E-state index in [1.807, 2.05) is 6.92 Å². The Hall–Kier alpha value is -3.85. The number of fused-ring (bicyclic) bond motifs is 1. The van der Waals surface area contributed by atoms with E-state index in [-0.39, 0.29) is 16.4 Å². The van der Waals surface area contributed by atoms with Crippen LogP contribution < -0.4 is 20.1 Å². The van der Waals surface area contributed by atoms with Crippen LogP contribution >= 0.6 is 0 Å². The topological polar surface area (TPSA) is 114 Å². The van der Waals surface area contributed by atoms with Crippen molar-refractivity contribution in [3.63, 3.8) is 0 Å². The van der Waals surface area contributed by atoms with E-state index in [1.54, 1.807) is 68.4 Å². The Labute approximate surface area is 192 Å². The minimum atomic E-state index is -3.90. The van der Waals surface area contributed by atoms with Crippen molar-refractivity contribution in [2.24, 2.45) is 0 Å². The first kappa shape index (κ1) is 22.3. The van der Waals surface area contributed by atoms with Gasteiger partial charge in [-0.2, -0.15) is 0 Å². The largest absolute Gasteiger partial charge is 0.479 e. The van der Waals surface area contributed by atoms with Gasteiger partial charge in [0.1, 0.15) is 5.75 Å². The molecule has 0 aromatic heterocycles. The average Bonchev–Trinajstić information content (AvgIpc) is 2.76. The van der Waals surface area contributed by atoms with Gasteiger partial charge >= 0.3 is 0 Å². The highest BCUT2D eigenvalue weighted by molar-refractivity contribution is 7.92. The first-order valence-corrected chi connectivity index (χ1v) is 11.7. The van der Waals surface area contributed by atoms with Crippen LogP contribution in [0.3, 0.4) is 0 Å². The fourth-order valence-electron chi connectivity index (χ4n) is 3.35. The smallest absolute Gasteiger partial charge is 0.265 e. The van der Waals surface area contributed by atoms with Gasteiger partial charge in [0.25, 0.3) is 21.8 Å². The number of rotatable bonds is 5. The van der Waals surface area contributed by atoms with E-state index in [0.29, 0.717) is 28.4 Å². The molecule has 1 atom stereocenters. The number of carbonyl (C=O) groups is 2. The van der Waals surface area contributed by atoms with Crippen LogP contribution in [0.2, 0.25) is 0 Å². The second-order valence-electron chi connectivity index (χ2n) is 7.87. The highest BCUT2D eigenvalue weighted by Crippen LogP contribution is 2.32. The quantitative estimate of drug-likeness (QED) is 0.526. The summed E-state index contributed by atoms with van der Waals surface area (Å²) in [7, 11) is -3.90. The van der Waals surface area contributed by atoms with Crippen molar-refractivity contribution in [2.75, 3.05) is 15.4 Å². The molecule has 1 aliphatic rings. The second kappa shape index (κ2) is 8.59. The van der Waals surface area contributed by atoms with Gasteiger partial charge in [-0.1, -0.05) is 23.8 Å². The first-order valence-electron chi connectivity index (χ1n) is 10.3. The monoisotopic (exact) mass is 465 g/mol. The molecule has 0 aliphatic carbocycles. The molecule has 4 rings (SSSR count). The first-order chi connectivity index (χ1) is 15.6. The Morgan fingerprint density at radius 1 is 0.970 bits per heavy atom. The fourth-order valence-corrected chi connectivity index (χ4v) is 4.68. The van der Waals surface area contributed by atoms with Crippen molar-refractivity contribution in [3.05, 3.63) is 77.4 Å². The van der Waals surface area contributed by atoms with Crippen molar-refractivity contribution in [1.29, 1.82) is 0 Å². The lowest BCUT2D eigenvalue weighted by atomic mass is 10.1. The molecule has 9 heteroatoms. The van der Waals surface area contributed by atoms with Gasteiger partial charge in [0.15, 0.2) is 6.10 Å². The van der Waals surface area contributed by atoms with Crippen LogP contribution in [0.5, 0.6) is 5.75 Å². The normalized spacial score (nSPS) is 15.1. The summed E-state index contributed by atoms with van der Waals surface area (Å²) in [6.07, 6.45) is -0.598. The number of hydrogen-bond donors (Lipinski definition) is 3. The van der Waals surface area contributed by atoms with E-state index in [2.05, 4.69) is 15.4 Å². The zero-order chi connectivity index (χ0) is 23.8. The van der Waals surface area contributed by atoms with Crippen molar-refractivity contribution < 1.29 is 22.7 Å². The zero-order valence-corrected chi connectivity index (χ0v) is 19.1. The van der Waals surface area contributed by atoms with Gasteiger partial charge in [0, 0.05) is 16.9 Å². The van der Waals surface area contributed by atoms with E-state index in [9.17, 15) is 18.0 Å². The van der Waals surface area contributed by atoms with Crippen molar-refractivity contribution in [2.45, 2.75) is 31.8 Å². The molecule has 3 aromatic rings. The number of ether oxygens (including phenoxy) is 1. The molecule has 1 heterocycles. The number of nitrogens with one attached hydrogen (secondary N) is 3. The molecule has 1 aliphatic heterocycles. The average molecular weight is 466 g/mol. The molecule has 0 bridgehead atoms. The zero-order valence-electron chi connectivity index (χ0n) is 18.3. The number of sulfonamides is 1. The molecule has 3 N–H and O–H groups in total. The maximum absolute atomic E-state index is 13.0. The third kappa shape index (κ3) is 4.83. The van der Waals surface area contributed by atoms with Crippen LogP contribution in [0.25, 0.3) is 0 Å². The summed E-state index contributed by atoms with van der Waals surface area (Å²) in [6, 6.07) is 16.3. The summed E-state index contributed by atoms with van der Waals surface area (Å²) < 4.78 is 34.0. The minimum absolute atomic E-state index is 0.0100. The van der Waals surface area contributed by atoms with Gasteiger partial charge in [0.2, 0.25) is 0 Å². The maximum atomic E-state index is 13.0. The standard InChI is InChI=1S/C24H23N3O5S/c1-14-4-8-18(9-5-14)27-33(30,31)22-12-17(7-6-15(22)2)24(29)25-19-10-11-21-20(13-19)26-23(28)16(3)32-21/h4-13,16,27H,1-3H3,(H,25,29)(H,26,28). The van der Waals surface area contributed by atoms with E-state index >= 15 is 0 Å². The van der Waals surface area contributed by atoms with Gasteiger partial charge in [-0.25, -0.2) is 8.42 Å². The maximum Gasteiger partial charge on any atom is 0.265 e. The Morgan fingerprint density at radius 2 is 1.67 bits per heavy atom. The Morgan fingerprint density at radius 3 is 2.39 bits per heavy atom. The SMILES string of the molecule is Cc1ccc(NS(=O)(=O)c2cc(C(=O)Nc3ccc4c(c3)NC(=O)C(C)O4)ccc2C)cc1. The lowest BCUT2D eigenvalue weighted by molar-refractivity contribution is -0.122. The number of aryl methyl sites for hydroxylation is 2. The van der Waals surface area contributed by atoms with Gasteiger partial charge in [-0.3, -0.25) is 14.3 Å².